The van der Waals surface area contributed by atoms with E-state index < -0.39 is 5.97 Å². The first kappa shape index (κ1) is 19.2. The first-order valence-corrected chi connectivity index (χ1v) is 9.41. The molecule has 1 heterocycles. The number of amides is 1. The smallest absolute Gasteiger partial charge is 0.317 e. The molecule has 0 aliphatic heterocycles. The molecule has 1 aliphatic carbocycles. The molecule has 0 saturated heterocycles. The fourth-order valence-corrected chi connectivity index (χ4v) is 3.91. The number of carbonyl (C=O) groups is 2. The zero-order chi connectivity index (χ0) is 19.6. The number of aliphatic carboxylic acids is 1. The number of carbonyl (C=O) groups excluding carboxylic acids is 1. The molecule has 27 heavy (non-hydrogen) atoms. The van der Waals surface area contributed by atoms with Gasteiger partial charge in [0, 0.05) is 29.2 Å². The Balaban J connectivity index is 1.64. The minimum Gasteiger partial charge on any atom is -0.480 e. The molecule has 1 amide bonds. The lowest BCUT2D eigenvalue weighted by atomic mass is 9.85. The largest absolute Gasteiger partial charge is 0.480 e. The second-order valence-corrected chi connectivity index (χ2v) is 7.21. The van der Waals surface area contributed by atoms with Gasteiger partial charge in [0.1, 0.15) is 0 Å². The van der Waals surface area contributed by atoms with Gasteiger partial charge in [0.2, 0.25) is 0 Å². The lowest BCUT2D eigenvalue weighted by molar-refractivity contribution is -0.139. The third-order valence-corrected chi connectivity index (χ3v) is 5.40. The van der Waals surface area contributed by atoms with Crippen molar-refractivity contribution in [1.29, 1.82) is 0 Å². The van der Waals surface area contributed by atoms with Crippen LogP contribution in [0.3, 0.4) is 0 Å². The summed E-state index contributed by atoms with van der Waals surface area (Å²) in [6.07, 6.45) is 1.59. The van der Waals surface area contributed by atoms with Crippen LogP contribution < -0.4 is 5.32 Å². The molecule has 1 aliphatic rings. The number of likely N-dealkylation sites (N-methyl/N-ethyl adjacent to an activating group) is 1. The molecule has 2 aromatic rings. The molecule has 1 fully saturated rings. The van der Waals surface area contributed by atoms with Crippen LogP contribution in [0.5, 0.6) is 0 Å². The van der Waals surface area contributed by atoms with Gasteiger partial charge in [-0.15, -0.1) is 0 Å². The maximum absolute atomic E-state index is 12.8. The fraction of sp³-hybridized carbons (Fsp3) is 0.429. The Bertz CT molecular complexity index is 823. The van der Waals surface area contributed by atoms with Crippen molar-refractivity contribution in [1.82, 2.24) is 14.8 Å². The van der Waals surface area contributed by atoms with E-state index in [9.17, 15) is 9.59 Å². The highest BCUT2D eigenvalue weighted by Gasteiger charge is 2.35. The van der Waals surface area contributed by atoms with Crippen molar-refractivity contribution in [3.05, 3.63) is 53.3 Å². The molecule has 0 spiro atoms. The lowest BCUT2D eigenvalue weighted by Crippen LogP contribution is -2.54. The molecule has 144 valence electrons. The van der Waals surface area contributed by atoms with E-state index in [0.29, 0.717) is 12.1 Å². The average Bonchev–Trinajstić information content (AvgIpc) is 2.91. The number of hydrogen-bond donors (Lipinski definition) is 2. The number of aromatic nitrogens is 1. The van der Waals surface area contributed by atoms with Crippen molar-refractivity contribution in [3.63, 3.8) is 0 Å². The molecule has 0 atom stereocenters. The molecule has 3 rings (SSSR count). The van der Waals surface area contributed by atoms with Gasteiger partial charge in [-0.2, -0.15) is 0 Å². The van der Waals surface area contributed by atoms with Crippen LogP contribution in [0.4, 0.5) is 0 Å². The van der Waals surface area contributed by atoms with Gasteiger partial charge in [0.25, 0.3) is 5.91 Å². The predicted molar refractivity (Wildman–Crippen MR) is 104 cm³/mol. The van der Waals surface area contributed by atoms with E-state index in [1.807, 2.05) is 62.1 Å². The highest BCUT2D eigenvalue weighted by molar-refractivity contribution is 5.96. The van der Waals surface area contributed by atoms with Gasteiger partial charge in [-0.1, -0.05) is 25.1 Å². The van der Waals surface area contributed by atoms with E-state index in [-0.39, 0.29) is 24.5 Å². The van der Waals surface area contributed by atoms with Gasteiger partial charge in [0.15, 0.2) is 0 Å². The topological polar surface area (TPSA) is 74.6 Å². The highest BCUT2D eigenvalue weighted by atomic mass is 16.4. The number of para-hydroxylation sites is 1. The first-order valence-electron chi connectivity index (χ1n) is 9.41. The number of carboxylic acids is 1. The van der Waals surface area contributed by atoms with Gasteiger partial charge in [-0.25, -0.2) is 0 Å². The van der Waals surface area contributed by atoms with E-state index in [0.717, 1.165) is 29.9 Å². The van der Waals surface area contributed by atoms with Crippen molar-refractivity contribution in [3.8, 4) is 5.69 Å². The van der Waals surface area contributed by atoms with Crippen LogP contribution in [-0.2, 0) is 4.79 Å². The minimum atomic E-state index is -0.808. The van der Waals surface area contributed by atoms with Crippen LogP contribution in [0.15, 0.2) is 36.4 Å². The normalized spacial score (nSPS) is 19.0. The third-order valence-electron chi connectivity index (χ3n) is 5.40. The standard InChI is InChI=1S/C21H27N3O3/c1-4-23(13-20(25)26)18-11-16(12-18)22-21(27)19-10-14(2)24(15(19)3)17-8-6-5-7-9-17/h5-10,16,18H,4,11-13H2,1-3H3,(H,22,27)(H,25,26). The summed E-state index contributed by atoms with van der Waals surface area (Å²) in [6.45, 7) is 6.69. The SMILES string of the molecule is CCN(CC(=O)O)C1CC(NC(=O)c2cc(C)n(-c3ccccc3)c2C)C1. The Morgan fingerprint density at radius 3 is 2.48 bits per heavy atom. The average molecular weight is 369 g/mol. The van der Waals surface area contributed by atoms with Gasteiger partial charge >= 0.3 is 5.97 Å². The molecule has 6 nitrogen and oxygen atoms in total. The maximum atomic E-state index is 12.8. The van der Waals surface area contributed by atoms with E-state index >= 15 is 0 Å². The Morgan fingerprint density at radius 1 is 1.22 bits per heavy atom. The van der Waals surface area contributed by atoms with Crippen molar-refractivity contribution in [2.24, 2.45) is 0 Å². The van der Waals surface area contributed by atoms with Gasteiger partial charge in [0.05, 0.1) is 12.1 Å². The van der Waals surface area contributed by atoms with Gasteiger partial charge in [-0.05, 0) is 51.4 Å². The number of aryl methyl sites for hydroxylation is 1. The van der Waals surface area contributed by atoms with Crippen molar-refractivity contribution >= 4 is 11.9 Å². The first-order chi connectivity index (χ1) is 12.9. The number of rotatable bonds is 7. The second-order valence-electron chi connectivity index (χ2n) is 7.21. The summed E-state index contributed by atoms with van der Waals surface area (Å²) in [5.74, 6) is -0.868. The number of benzene rings is 1. The number of nitrogens with zero attached hydrogens (tertiary/aromatic N) is 2. The van der Waals surface area contributed by atoms with Crippen LogP contribution >= 0.6 is 0 Å². The van der Waals surface area contributed by atoms with E-state index in [2.05, 4.69) is 9.88 Å². The quantitative estimate of drug-likeness (QED) is 0.787. The zero-order valence-electron chi connectivity index (χ0n) is 16.1. The second kappa shape index (κ2) is 7.96. The van der Waals surface area contributed by atoms with Gasteiger partial charge < -0.3 is 15.0 Å². The van der Waals surface area contributed by atoms with E-state index in [1.54, 1.807) is 0 Å². The summed E-state index contributed by atoms with van der Waals surface area (Å²) < 4.78 is 2.09. The van der Waals surface area contributed by atoms with E-state index in [4.69, 9.17) is 5.11 Å². The fourth-order valence-electron chi connectivity index (χ4n) is 3.91. The van der Waals surface area contributed by atoms with Crippen molar-refractivity contribution in [2.75, 3.05) is 13.1 Å². The van der Waals surface area contributed by atoms with Crippen molar-refractivity contribution in [2.45, 2.75) is 45.7 Å². The van der Waals surface area contributed by atoms with Gasteiger partial charge in [-0.3, -0.25) is 14.5 Å². The molecule has 2 N–H and O–H groups in total. The Hall–Kier alpha value is -2.60. The maximum Gasteiger partial charge on any atom is 0.317 e. The highest BCUT2D eigenvalue weighted by Crippen LogP contribution is 2.27. The molecule has 1 aromatic heterocycles. The molecule has 0 radical (unpaired) electrons. The minimum absolute atomic E-state index is 0.0556. The number of carboxylic acid groups (broad SMARTS) is 1. The monoisotopic (exact) mass is 369 g/mol. The van der Waals surface area contributed by atoms with Crippen LogP contribution in [0.25, 0.3) is 5.69 Å². The van der Waals surface area contributed by atoms with E-state index in [1.165, 1.54) is 0 Å². The van der Waals surface area contributed by atoms with Crippen LogP contribution in [0.2, 0.25) is 0 Å². The molecule has 6 heteroatoms. The molecule has 1 saturated carbocycles. The molecule has 0 bridgehead atoms. The number of hydrogen-bond acceptors (Lipinski definition) is 3. The number of nitrogens with one attached hydrogen (secondary N) is 1. The van der Waals surface area contributed by atoms with Crippen LogP contribution in [0.1, 0.15) is 41.5 Å². The molecular weight excluding hydrogens is 342 g/mol. The summed E-state index contributed by atoms with van der Waals surface area (Å²) >= 11 is 0. The Kier molecular flexibility index (Phi) is 5.65. The molecular formula is C21H27N3O3. The summed E-state index contributed by atoms with van der Waals surface area (Å²) in [5, 5.41) is 12.1. The van der Waals surface area contributed by atoms with Crippen LogP contribution in [-0.4, -0.2) is 51.6 Å². The van der Waals surface area contributed by atoms with Crippen molar-refractivity contribution < 1.29 is 14.7 Å². The van der Waals surface area contributed by atoms with Crippen LogP contribution in [0, 0.1) is 13.8 Å². The predicted octanol–water partition coefficient (Wildman–Crippen LogP) is 2.76. The summed E-state index contributed by atoms with van der Waals surface area (Å²) in [4.78, 5) is 25.6. The molecule has 0 unspecified atom stereocenters. The summed E-state index contributed by atoms with van der Waals surface area (Å²) in [7, 11) is 0. The Morgan fingerprint density at radius 2 is 1.89 bits per heavy atom. The third kappa shape index (κ3) is 4.06. The molecule has 1 aromatic carbocycles. The Labute approximate surface area is 159 Å². The summed E-state index contributed by atoms with van der Waals surface area (Å²) in [6, 6.07) is 12.3. The summed E-state index contributed by atoms with van der Waals surface area (Å²) in [5.41, 5.74) is 3.68. The zero-order valence-corrected chi connectivity index (χ0v) is 16.1. The lowest BCUT2D eigenvalue weighted by Gasteiger charge is -2.42.